The third-order valence-electron chi connectivity index (χ3n) is 6.53. The van der Waals surface area contributed by atoms with Crippen LogP contribution in [0.5, 0.6) is 5.75 Å². The highest BCUT2D eigenvalue weighted by atomic mass is 35.5. The third-order valence-corrected chi connectivity index (χ3v) is 8.12. The Bertz CT molecular complexity index is 1200. The maximum absolute atomic E-state index is 13.6. The molecular weight excluding hydrogens is 526 g/mol. The monoisotopic (exact) mass is 565 g/mol. The van der Waals surface area contributed by atoms with Gasteiger partial charge < -0.3 is 15.0 Å². The molecule has 1 N–H and O–H groups in total. The molecule has 0 bridgehead atoms. The molecule has 0 aliphatic rings. The number of nitrogens with one attached hydrogen (secondary N) is 1. The first-order valence-corrected chi connectivity index (χ1v) is 15.1. The molecule has 0 saturated carbocycles. The number of halogens is 1. The summed E-state index contributed by atoms with van der Waals surface area (Å²) in [5.41, 5.74) is 1.97. The molecule has 2 aromatic carbocycles. The summed E-state index contributed by atoms with van der Waals surface area (Å²) in [6, 6.07) is 11.8. The molecule has 0 heterocycles. The maximum atomic E-state index is 13.6. The Morgan fingerprint density at radius 2 is 1.79 bits per heavy atom. The van der Waals surface area contributed by atoms with Crippen molar-refractivity contribution in [2.24, 2.45) is 0 Å². The van der Waals surface area contributed by atoms with Gasteiger partial charge in [0.2, 0.25) is 21.8 Å². The van der Waals surface area contributed by atoms with Crippen molar-refractivity contribution in [2.75, 3.05) is 24.2 Å². The molecule has 10 heteroatoms. The molecule has 2 atom stereocenters. The zero-order valence-corrected chi connectivity index (χ0v) is 24.7. The van der Waals surface area contributed by atoms with Gasteiger partial charge in [0, 0.05) is 30.6 Å². The van der Waals surface area contributed by atoms with Crippen LogP contribution in [0.2, 0.25) is 5.02 Å². The number of rotatable bonds is 14. The Morgan fingerprint density at radius 1 is 1.11 bits per heavy atom. The molecule has 0 unspecified atom stereocenters. The van der Waals surface area contributed by atoms with Gasteiger partial charge in [-0.3, -0.25) is 13.9 Å². The molecule has 0 aliphatic heterocycles. The Morgan fingerprint density at radius 3 is 2.39 bits per heavy atom. The Labute approximate surface area is 232 Å². The summed E-state index contributed by atoms with van der Waals surface area (Å²) in [6.07, 6.45) is 2.70. The third kappa shape index (κ3) is 8.63. The molecule has 210 valence electrons. The van der Waals surface area contributed by atoms with Crippen molar-refractivity contribution in [1.82, 2.24) is 10.2 Å². The second-order valence-corrected chi connectivity index (χ2v) is 11.8. The van der Waals surface area contributed by atoms with E-state index in [0.29, 0.717) is 28.4 Å². The van der Waals surface area contributed by atoms with Gasteiger partial charge in [-0.15, -0.1) is 0 Å². The van der Waals surface area contributed by atoms with Crippen molar-refractivity contribution in [3.63, 3.8) is 0 Å². The normalized spacial score (nSPS) is 12.9. The summed E-state index contributed by atoms with van der Waals surface area (Å²) >= 11 is 6.23. The Hall–Kier alpha value is -2.78. The molecule has 0 spiro atoms. The van der Waals surface area contributed by atoms with Crippen LogP contribution in [0.15, 0.2) is 42.5 Å². The molecule has 0 aliphatic carbocycles. The number of methoxy groups -OCH3 is 1. The van der Waals surface area contributed by atoms with Crippen molar-refractivity contribution in [1.29, 1.82) is 0 Å². The standard InChI is InChI=1S/C28H40ClN3O5S/c1-7-20(3)30-28(34)25(8-2)31(19-22-12-9-13-23(18-22)37-5)27(33)16-11-17-32(38(6,35)36)26-15-10-14-24(29)21(26)4/h9-10,12-15,18,20,25H,7-8,11,16-17,19H2,1-6H3,(H,30,34)/t20-,25-/m0/s1. The van der Waals surface area contributed by atoms with Crippen LogP contribution in [0.1, 0.15) is 57.6 Å². The lowest BCUT2D eigenvalue weighted by atomic mass is 10.1. The molecule has 0 fully saturated rings. The van der Waals surface area contributed by atoms with Crippen LogP contribution in [-0.2, 0) is 26.2 Å². The first-order valence-electron chi connectivity index (χ1n) is 12.9. The number of nitrogens with zero attached hydrogens (tertiary/aromatic N) is 2. The van der Waals surface area contributed by atoms with Crippen molar-refractivity contribution in [2.45, 2.75) is 72.0 Å². The Kier molecular flexibility index (Phi) is 11.9. The van der Waals surface area contributed by atoms with Crippen LogP contribution in [0.25, 0.3) is 0 Å². The molecule has 2 amide bonds. The van der Waals surface area contributed by atoms with E-state index in [2.05, 4.69) is 5.32 Å². The molecular formula is C28H40ClN3O5S. The van der Waals surface area contributed by atoms with E-state index in [0.717, 1.165) is 18.2 Å². The summed E-state index contributed by atoms with van der Waals surface area (Å²) in [4.78, 5) is 28.3. The number of hydrogen-bond donors (Lipinski definition) is 1. The lowest BCUT2D eigenvalue weighted by Crippen LogP contribution is -2.50. The van der Waals surface area contributed by atoms with Gasteiger partial charge in [0.05, 0.1) is 19.1 Å². The Balaban J connectivity index is 2.28. The van der Waals surface area contributed by atoms with Gasteiger partial charge >= 0.3 is 0 Å². The van der Waals surface area contributed by atoms with Gasteiger partial charge in [0.15, 0.2) is 0 Å². The summed E-state index contributed by atoms with van der Waals surface area (Å²) in [6.45, 7) is 7.88. The highest BCUT2D eigenvalue weighted by molar-refractivity contribution is 7.92. The number of sulfonamides is 1. The van der Waals surface area contributed by atoms with E-state index in [9.17, 15) is 18.0 Å². The fourth-order valence-corrected chi connectivity index (χ4v) is 5.36. The lowest BCUT2D eigenvalue weighted by Gasteiger charge is -2.32. The fourth-order valence-electron chi connectivity index (χ4n) is 4.18. The quantitative estimate of drug-likeness (QED) is 0.350. The molecule has 0 saturated heterocycles. The minimum Gasteiger partial charge on any atom is -0.497 e. The van der Waals surface area contributed by atoms with E-state index in [4.69, 9.17) is 16.3 Å². The predicted molar refractivity (Wildman–Crippen MR) is 153 cm³/mol. The fraction of sp³-hybridized carbons (Fsp3) is 0.500. The van der Waals surface area contributed by atoms with Gasteiger partial charge in [0.25, 0.3) is 0 Å². The van der Waals surface area contributed by atoms with E-state index in [1.807, 2.05) is 45.0 Å². The van der Waals surface area contributed by atoms with Gasteiger partial charge in [-0.1, -0.05) is 43.6 Å². The molecule has 8 nitrogen and oxygen atoms in total. The minimum atomic E-state index is -3.61. The average Bonchev–Trinajstić information content (AvgIpc) is 2.87. The summed E-state index contributed by atoms with van der Waals surface area (Å²) < 4.78 is 31.8. The number of hydrogen-bond acceptors (Lipinski definition) is 5. The number of amides is 2. The minimum absolute atomic E-state index is 0.0189. The maximum Gasteiger partial charge on any atom is 0.243 e. The molecule has 38 heavy (non-hydrogen) atoms. The van der Waals surface area contributed by atoms with Crippen molar-refractivity contribution in [3.05, 3.63) is 58.6 Å². The van der Waals surface area contributed by atoms with Gasteiger partial charge in [-0.25, -0.2) is 8.42 Å². The number of ether oxygens (including phenoxy) is 1. The molecule has 2 aromatic rings. The highest BCUT2D eigenvalue weighted by Crippen LogP contribution is 2.28. The summed E-state index contributed by atoms with van der Waals surface area (Å²) in [7, 11) is -2.04. The lowest BCUT2D eigenvalue weighted by molar-refractivity contribution is -0.141. The van der Waals surface area contributed by atoms with Gasteiger partial charge in [0.1, 0.15) is 11.8 Å². The van der Waals surface area contributed by atoms with Crippen molar-refractivity contribution < 1.29 is 22.7 Å². The summed E-state index contributed by atoms with van der Waals surface area (Å²) in [5.74, 6) is 0.230. The first kappa shape index (κ1) is 31.4. The van der Waals surface area contributed by atoms with Crippen LogP contribution in [-0.4, -0.2) is 57.1 Å². The second kappa shape index (κ2) is 14.4. The van der Waals surface area contributed by atoms with E-state index >= 15 is 0 Å². The van der Waals surface area contributed by atoms with Crippen LogP contribution in [0.4, 0.5) is 5.69 Å². The van der Waals surface area contributed by atoms with Crippen molar-refractivity contribution in [3.8, 4) is 5.75 Å². The van der Waals surface area contributed by atoms with Crippen LogP contribution >= 0.6 is 11.6 Å². The van der Waals surface area contributed by atoms with Gasteiger partial charge in [-0.05, 0) is 68.5 Å². The van der Waals surface area contributed by atoms with E-state index < -0.39 is 16.1 Å². The van der Waals surface area contributed by atoms with E-state index in [1.54, 1.807) is 37.1 Å². The zero-order valence-electron chi connectivity index (χ0n) is 23.2. The number of benzene rings is 2. The SMILES string of the molecule is CC[C@H](C)NC(=O)[C@H](CC)N(Cc1cccc(OC)c1)C(=O)CCCN(c1cccc(Cl)c1C)S(C)(=O)=O. The smallest absolute Gasteiger partial charge is 0.243 e. The molecule has 0 radical (unpaired) electrons. The predicted octanol–water partition coefficient (Wildman–Crippen LogP) is 4.93. The number of carbonyl (C=O) groups excluding carboxylic acids is 2. The average molecular weight is 566 g/mol. The zero-order chi connectivity index (χ0) is 28.5. The van der Waals surface area contributed by atoms with Gasteiger partial charge in [-0.2, -0.15) is 0 Å². The van der Waals surface area contributed by atoms with Crippen LogP contribution in [0.3, 0.4) is 0 Å². The van der Waals surface area contributed by atoms with E-state index in [1.165, 1.54) is 4.31 Å². The largest absolute Gasteiger partial charge is 0.497 e. The number of anilines is 1. The molecule has 0 aromatic heterocycles. The van der Waals surface area contributed by atoms with Crippen LogP contribution in [0, 0.1) is 6.92 Å². The first-order chi connectivity index (χ1) is 17.9. The van der Waals surface area contributed by atoms with Crippen molar-refractivity contribution >= 4 is 39.1 Å². The number of carbonyl (C=O) groups is 2. The van der Waals surface area contributed by atoms with Crippen LogP contribution < -0.4 is 14.4 Å². The topological polar surface area (TPSA) is 96.0 Å². The second-order valence-electron chi connectivity index (χ2n) is 9.44. The summed E-state index contributed by atoms with van der Waals surface area (Å²) in [5, 5.41) is 3.46. The molecule has 2 rings (SSSR count). The highest BCUT2D eigenvalue weighted by Gasteiger charge is 2.29. The van der Waals surface area contributed by atoms with E-state index in [-0.39, 0.29) is 43.8 Å².